The Morgan fingerprint density at radius 2 is 1.70 bits per heavy atom. The average Bonchev–Trinajstić information content (AvgIpc) is 2.51. The predicted octanol–water partition coefficient (Wildman–Crippen LogP) is 4.20. The molecule has 3 aromatic rings. The van der Waals surface area contributed by atoms with Gasteiger partial charge in [0.25, 0.3) is 0 Å². The van der Waals surface area contributed by atoms with Gasteiger partial charge in [-0.3, -0.25) is 9.97 Å². The van der Waals surface area contributed by atoms with Crippen molar-refractivity contribution in [1.82, 2.24) is 9.97 Å². The number of anilines is 2. The molecule has 0 spiro atoms. The van der Waals surface area contributed by atoms with Crippen molar-refractivity contribution < 1.29 is 0 Å². The fraction of sp³-hybridized carbons (Fsp3) is 0.0588. The summed E-state index contributed by atoms with van der Waals surface area (Å²) >= 11 is 0. The molecule has 3 nitrogen and oxygen atoms in total. The fourth-order valence-electron chi connectivity index (χ4n) is 2.07. The smallest absolute Gasteiger partial charge is 0.0577 e. The van der Waals surface area contributed by atoms with Gasteiger partial charge in [0, 0.05) is 35.4 Å². The lowest BCUT2D eigenvalue weighted by molar-refractivity contribution is 1.29. The molecule has 0 unspecified atom stereocenters. The summed E-state index contributed by atoms with van der Waals surface area (Å²) in [6.07, 6.45) is 7.28. The minimum Gasteiger partial charge on any atom is -0.354 e. The largest absolute Gasteiger partial charge is 0.354 e. The number of hydrogen-bond donors (Lipinski definition) is 1. The van der Waals surface area contributed by atoms with E-state index in [-0.39, 0.29) is 0 Å². The summed E-state index contributed by atoms with van der Waals surface area (Å²) < 4.78 is 0. The third-order valence-corrected chi connectivity index (χ3v) is 3.16. The number of nitrogens with zero attached hydrogens (tertiary/aromatic N) is 2. The average molecular weight is 261 g/mol. The maximum absolute atomic E-state index is 4.30. The Morgan fingerprint density at radius 3 is 2.50 bits per heavy atom. The molecule has 0 amide bonds. The summed E-state index contributed by atoms with van der Waals surface area (Å²) in [7, 11) is 0. The molecule has 0 aliphatic carbocycles. The Morgan fingerprint density at radius 1 is 0.850 bits per heavy atom. The van der Waals surface area contributed by atoms with E-state index in [1.54, 1.807) is 6.20 Å². The van der Waals surface area contributed by atoms with Crippen LogP contribution in [0.1, 0.15) is 5.56 Å². The molecule has 0 saturated heterocycles. The van der Waals surface area contributed by atoms with Crippen LogP contribution in [0.2, 0.25) is 0 Å². The second-order valence-electron chi connectivity index (χ2n) is 4.64. The summed E-state index contributed by atoms with van der Waals surface area (Å²) in [5.74, 6) is 0. The van der Waals surface area contributed by atoms with Gasteiger partial charge >= 0.3 is 0 Å². The van der Waals surface area contributed by atoms with Crippen molar-refractivity contribution in [1.29, 1.82) is 0 Å². The minimum absolute atomic E-state index is 0.973. The first kappa shape index (κ1) is 12.4. The molecule has 0 fully saturated rings. The van der Waals surface area contributed by atoms with E-state index in [0.717, 1.165) is 22.5 Å². The Bertz CT molecular complexity index is 708. The second kappa shape index (κ2) is 5.53. The first-order chi connectivity index (χ1) is 9.83. The van der Waals surface area contributed by atoms with Crippen molar-refractivity contribution in [2.75, 3.05) is 5.32 Å². The first-order valence-electron chi connectivity index (χ1n) is 6.51. The van der Waals surface area contributed by atoms with Gasteiger partial charge < -0.3 is 5.32 Å². The monoisotopic (exact) mass is 261 g/mol. The van der Waals surface area contributed by atoms with E-state index in [1.165, 1.54) is 5.56 Å². The van der Waals surface area contributed by atoms with Crippen LogP contribution in [0.4, 0.5) is 11.4 Å². The van der Waals surface area contributed by atoms with Crippen LogP contribution < -0.4 is 5.32 Å². The van der Waals surface area contributed by atoms with Gasteiger partial charge in [-0.2, -0.15) is 0 Å². The topological polar surface area (TPSA) is 37.8 Å². The Kier molecular flexibility index (Phi) is 3.42. The van der Waals surface area contributed by atoms with Crippen LogP contribution in [-0.2, 0) is 0 Å². The summed E-state index contributed by atoms with van der Waals surface area (Å²) in [5, 5.41) is 3.40. The van der Waals surface area contributed by atoms with Crippen molar-refractivity contribution >= 4 is 11.4 Å². The van der Waals surface area contributed by atoms with E-state index in [0.29, 0.717) is 0 Å². The minimum atomic E-state index is 0.973. The summed E-state index contributed by atoms with van der Waals surface area (Å²) in [5.41, 5.74) is 5.39. The third kappa shape index (κ3) is 2.67. The van der Waals surface area contributed by atoms with Crippen LogP contribution in [0.15, 0.2) is 67.3 Å². The molecule has 3 heteroatoms. The molecule has 20 heavy (non-hydrogen) atoms. The molecule has 0 aliphatic heterocycles. The maximum atomic E-state index is 4.30. The number of rotatable bonds is 3. The lowest BCUT2D eigenvalue weighted by Gasteiger charge is -2.10. The van der Waals surface area contributed by atoms with E-state index in [2.05, 4.69) is 40.4 Å². The second-order valence-corrected chi connectivity index (χ2v) is 4.64. The highest BCUT2D eigenvalue weighted by atomic mass is 14.9. The molecule has 2 heterocycles. The summed E-state index contributed by atoms with van der Waals surface area (Å²) in [4.78, 5) is 8.44. The standard InChI is InChI=1S/C17H15N3/c1-13-5-2-3-7-17(13)20-16-9-15(11-19-12-16)14-6-4-8-18-10-14/h2-12,20H,1H3. The molecular formula is C17H15N3. The highest BCUT2D eigenvalue weighted by Gasteiger charge is 2.02. The van der Waals surface area contributed by atoms with Gasteiger partial charge in [-0.25, -0.2) is 0 Å². The lowest BCUT2D eigenvalue weighted by Crippen LogP contribution is -1.94. The zero-order valence-electron chi connectivity index (χ0n) is 11.2. The number of aromatic nitrogens is 2. The normalized spacial score (nSPS) is 10.2. The van der Waals surface area contributed by atoms with Crippen LogP contribution in [0, 0.1) is 6.92 Å². The van der Waals surface area contributed by atoms with Gasteiger partial charge in [-0.05, 0) is 30.7 Å². The van der Waals surface area contributed by atoms with Gasteiger partial charge in [0.1, 0.15) is 0 Å². The maximum Gasteiger partial charge on any atom is 0.0577 e. The lowest BCUT2D eigenvalue weighted by atomic mass is 10.1. The van der Waals surface area contributed by atoms with E-state index in [4.69, 9.17) is 0 Å². The van der Waals surface area contributed by atoms with Crippen LogP contribution in [0.3, 0.4) is 0 Å². The van der Waals surface area contributed by atoms with Crippen LogP contribution in [0.25, 0.3) is 11.1 Å². The van der Waals surface area contributed by atoms with E-state index < -0.39 is 0 Å². The Hall–Kier alpha value is -2.68. The molecule has 2 aromatic heterocycles. The quantitative estimate of drug-likeness (QED) is 0.768. The zero-order valence-corrected chi connectivity index (χ0v) is 11.2. The molecule has 0 saturated carbocycles. The first-order valence-corrected chi connectivity index (χ1v) is 6.51. The molecular weight excluding hydrogens is 246 g/mol. The molecule has 1 N–H and O–H groups in total. The zero-order chi connectivity index (χ0) is 13.8. The van der Waals surface area contributed by atoms with Crippen LogP contribution in [-0.4, -0.2) is 9.97 Å². The highest BCUT2D eigenvalue weighted by molar-refractivity contribution is 5.69. The van der Waals surface area contributed by atoms with Crippen molar-refractivity contribution in [2.24, 2.45) is 0 Å². The molecule has 1 aromatic carbocycles. The van der Waals surface area contributed by atoms with Crippen LogP contribution >= 0.6 is 0 Å². The van der Waals surface area contributed by atoms with Crippen molar-refractivity contribution in [3.63, 3.8) is 0 Å². The van der Waals surface area contributed by atoms with Crippen molar-refractivity contribution in [3.05, 3.63) is 72.8 Å². The molecule has 3 rings (SSSR count). The van der Waals surface area contributed by atoms with Gasteiger partial charge in [0.15, 0.2) is 0 Å². The van der Waals surface area contributed by atoms with E-state index in [9.17, 15) is 0 Å². The summed E-state index contributed by atoms with van der Waals surface area (Å²) in [6, 6.07) is 14.2. The van der Waals surface area contributed by atoms with E-state index >= 15 is 0 Å². The number of hydrogen-bond acceptors (Lipinski definition) is 3. The molecule has 0 bridgehead atoms. The van der Waals surface area contributed by atoms with Gasteiger partial charge in [0.05, 0.1) is 11.9 Å². The van der Waals surface area contributed by atoms with Crippen molar-refractivity contribution in [2.45, 2.75) is 6.92 Å². The van der Waals surface area contributed by atoms with E-state index in [1.807, 2.05) is 42.9 Å². The molecule has 98 valence electrons. The Labute approximate surface area is 118 Å². The third-order valence-electron chi connectivity index (χ3n) is 3.16. The van der Waals surface area contributed by atoms with Crippen LogP contribution in [0.5, 0.6) is 0 Å². The van der Waals surface area contributed by atoms with Gasteiger partial charge in [-0.1, -0.05) is 24.3 Å². The number of para-hydroxylation sites is 1. The van der Waals surface area contributed by atoms with Crippen molar-refractivity contribution in [3.8, 4) is 11.1 Å². The molecule has 0 aliphatic rings. The van der Waals surface area contributed by atoms with Gasteiger partial charge in [0.2, 0.25) is 0 Å². The number of benzene rings is 1. The fourth-order valence-corrected chi connectivity index (χ4v) is 2.07. The molecule has 0 radical (unpaired) electrons. The number of nitrogens with one attached hydrogen (secondary N) is 1. The highest BCUT2D eigenvalue weighted by Crippen LogP contribution is 2.24. The number of aryl methyl sites for hydroxylation is 1. The SMILES string of the molecule is Cc1ccccc1Nc1cncc(-c2cccnc2)c1. The Balaban J connectivity index is 1.91. The number of pyridine rings is 2. The molecule has 0 atom stereocenters. The van der Waals surface area contributed by atoms with Gasteiger partial charge in [-0.15, -0.1) is 0 Å². The predicted molar refractivity (Wildman–Crippen MR) is 81.9 cm³/mol. The summed E-state index contributed by atoms with van der Waals surface area (Å²) in [6.45, 7) is 2.08.